The summed E-state index contributed by atoms with van der Waals surface area (Å²) in [4.78, 5) is 23.7. The predicted molar refractivity (Wildman–Crippen MR) is 84.3 cm³/mol. The Morgan fingerprint density at radius 1 is 1.00 bits per heavy atom. The van der Waals surface area contributed by atoms with Crippen LogP contribution in [0.15, 0.2) is 51.5 Å². The molecular weight excluding hydrogens is 296 g/mol. The SMILES string of the molecule is Cc1ccc2oc(C(=O)NCCNC(=O)c3ccco3)cc2c1. The quantitative estimate of drug-likeness (QED) is 0.709. The maximum atomic E-state index is 12.0. The Kier molecular flexibility index (Phi) is 4.14. The van der Waals surface area contributed by atoms with Crippen LogP contribution in [0.2, 0.25) is 0 Å². The molecule has 0 bridgehead atoms. The minimum Gasteiger partial charge on any atom is -0.459 e. The van der Waals surface area contributed by atoms with Gasteiger partial charge in [-0.25, -0.2) is 0 Å². The van der Waals surface area contributed by atoms with E-state index in [2.05, 4.69) is 10.6 Å². The highest BCUT2D eigenvalue weighted by molar-refractivity contribution is 5.96. The average Bonchev–Trinajstić information content (AvgIpc) is 3.19. The second-order valence-electron chi connectivity index (χ2n) is 5.14. The molecule has 0 spiro atoms. The number of furan rings is 2. The number of fused-ring (bicyclic) bond motifs is 1. The molecule has 0 aliphatic carbocycles. The van der Waals surface area contributed by atoms with Crippen LogP contribution in [0, 0.1) is 6.92 Å². The van der Waals surface area contributed by atoms with Crippen molar-refractivity contribution in [2.24, 2.45) is 0 Å². The highest BCUT2D eigenvalue weighted by Gasteiger charge is 2.12. The minimum atomic E-state index is -0.316. The first kappa shape index (κ1) is 14.9. The van der Waals surface area contributed by atoms with E-state index in [0.717, 1.165) is 10.9 Å². The summed E-state index contributed by atoms with van der Waals surface area (Å²) < 4.78 is 10.5. The first-order valence-corrected chi connectivity index (χ1v) is 7.23. The molecule has 6 nitrogen and oxygen atoms in total. The molecule has 0 aliphatic rings. The van der Waals surface area contributed by atoms with E-state index in [-0.39, 0.29) is 23.3 Å². The summed E-state index contributed by atoms with van der Waals surface area (Å²) in [5.41, 5.74) is 1.78. The topological polar surface area (TPSA) is 84.5 Å². The van der Waals surface area contributed by atoms with Crippen molar-refractivity contribution in [3.63, 3.8) is 0 Å². The van der Waals surface area contributed by atoms with Gasteiger partial charge < -0.3 is 19.5 Å². The van der Waals surface area contributed by atoms with Crippen LogP contribution in [-0.2, 0) is 0 Å². The van der Waals surface area contributed by atoms with E-state index < -0.39 is 0 Å². The number of rotatable bonds is 5. The summed E-state index contributed by atoms with van der Waals surface area (Å²) in [5, 5.41) is 6.24. The lowest BCUT2D eigenvalue weighted by Crippen LogP contribution is -2.34. The van der Waals surface area contributed by atoms with Crippen LogP contribution in [0.5, 0.6) is 0 Å². The van der Waals surface area contributed by atoms with E-state index >= 15 is 0 Å². The highest BCUT2D eigenvalue weighted by Crippen LogP contribution is 2.20. The third-order valence-electron chi connectivity index (χ3n) is 3.34. The standard InChI is InChI=1S/C17H16N2O4/c1-11-4-5-13-12(9-11)10-15(23-13)17(21)19-7-6-18-16(20)14-3-2-8-22-14/h2-5,8-10H,6-7H2,1H3,(H,18,20)(H,19,21). The van der Waals surface area contributed by atoms with Crippen molar-refractivity contribution in [1.29, 1.82) is 0 Å². The van der Waals surface area contributed by atoms with Crippen molar-refractivity contribution >= 4 is 22.8 Å². The van der Waals surface area contributed by atoms with Crippen LogP contribution in [0.25, 0.3) is 11.0 Å². The van der Waals surface area contributed by atoms with E-state index in [1.54, 1.807) is 18.2 Å². The summed E-state index contributed by atoms with van der Waals surface area (Å²) in [7, 11) is 0. The van der Waals surface area contributed by atoms with Crippen molar-refractivity contribution in [1.82, 2.24) is 10.6 Å². The third kappa shape index (κ3) is 3.42. The van der Waals surface area contributed by atoms with Crippen molar-refractivity contribution in [2.75, 3.05) is 13.1 Å². The van der Waals surface area contributed by atoms with E-state index in [4.69, 9.17) is 8.83 Å². The van der Waals surface area contributed by atoms with Crippen LogP contribution < -0.4 is 10.6 Å². The van der Waals surface area contributed by atoms with Gasteiger partial charge in [0.15, 0.2) is 11.5 Å². The molecule has 0 aliphatic heterocycles. The Bertz CT molecular complexity index is 834. The molecule has 0 fully saturated rings. The molecule has 23 heavy (non-hydrogen) atoms. The second-order valence-corrected chi connectivity index (χ2v) is 5.14. The zero-order valence-corrected chi connectivity index (χ0v) is 12.6. The van der Waals surface area contributed by atoms with Gasteiger partial charge in [-0.1, -0.05) is 11.6 Å². The normalized spacial score (nSPS) is 10.7. The molecule has 1 aromatic carbocycles. The fourth-order valence-corrected chi connectivity index (χ4v) is 2.21. The van der Waals surface area contributed by atoms with E-state index in [1.165, 1.54) is 6.26 Å². The summed E-state index contributed by atoms with van der Waals surface area (Å²) in [6, 6.07) is 10.6. The summed E-state index contributed by atoms with van der Waals surface area (Å²) >= 11 is 0. The molecule has 3 rings (SSSR count). The highest BCUT2D eigenvalue weighted by atomic mass is 16.3. The van der Waals surface area contributed by atoms with Gasteiger partial charge >= 0.3 is 0 Å². The molecule has 3 aromatic rings. The third-order valence-corrected chi connectivity index (χ3v) is 3.34. The second kappa shape index (κ2) is 6.39. The zero-order valence-electron chi connectivity index (χ0n) is 12.6. The molecule has 0 saturated heterocycles. The molecule has 6 heteroatoms. The number of aryl methyl sites for hydroxylation is 1. The van der Waals surface area contributed by atoms with E-state index in [9.17, 15) is 9.59 Å². The van der Waals surface area contributed by atoms with Gasteiger partial charge in [0, 0.05) is 18.5 Å². The first-order chi connectivity index (χ1) is 11.1. The molecular formula is C17H16N2O4. The molecule has 118 valence electrons. The molecule has 0 unspecified atom stereocenters. The lowest BCUT2D eigenvalue weighted by molar-refractivity contribution is 0.0901. The van der Waals surface area contributed by atoms with Crippen molar-refractivity contribution in [2.45, 2.75) is 6.92 Å². The number of nitrogens with one attached hydrogen (secondary N) is 2. The van der Waals surface area contributed by atoms with Gasteiger partial charge in [-0.2, -0.15) is 0 Å². The summed E-state index contributed by atoms with van der Waals surface area (Å²) in [6.45, 7) is 2.57. The number of amides is 2. The van der Waals surface area contributed by atoms with E-state index in [1.807, 2.05) is 25.1 Å². The monoisotopic (exact) mass is 312 g/mol. The minimum absolute atomic E-state index is 0.240. The Hall–Kier alpha value is -3.02. The molecule has 2 heterocycles. The maximum Gasteiger partial charge on any atom is 0.287 e. The van der Waals surface area contributed by atoms with Gasteiger partial charge in [0.25, 0.3) is 11.8 Å². The van der Waals surface area contributed by atoms with Gasteiger partial charge in [0.2, 0.25) is 0 Å². The van der Waals surface area contributed by atoms with E-state index in [0.29, 0.717) is 18.7 Å². The number of carbonyl (C=O) groups excluding carboxylic acids is 2. The molecule has 2 aromatic heterocycles. The van der Waals surface area contributed by atoms with Crippen molar-refractivity contribution in [3.8, 4) is 0 Å². The molecule has 0 radical (unpaired) electrons. The van der Waals surface area contributed by atoms with Gasteiger partial charge in [0.1, 0.15) is 5.58 Å². The van der Waals surface area contributed by atoms with Gasteiger partial charge in [-0.15, -0.1) is 0 Å². The van der Waals surface area contributed by atoms with Crippen LogP contribution >= 0.6 is 0 Å². The number of hydrogen-bond donors (Lipinski definition) is 2. The molecule has 2 N–H and O–H groups in total. The Morgan fingerprint density at radius 3 is 2.43 bits per heavy atom. The first-order valence-electron chi connectivity index (χ1n) is 7.23. The largest absolute Gasteiger partial charge is 0.459 e. The Morgan fingerprint density at radius 2 is 1.74 bits per heavy atom. The lowest BCUT2D eigenvalue weighted by Gasteiger charge is -2.04. The lowest BCUT2D eigenvalue weighted by atomic mass is 10.2. The predicted octanol–water partition coefficient (Wildman–Crippen LogP) is 2.49. The Balaban J connectivity index is 1.51. The molecule has 0 atom stereocenters. The maximum absolute atomic E-state index is 12.0. The van der Waals surface area contributed by atoms with Crippen LogP contribution in [-0.4, -0.2) is 24.9 Å². The molecule has 0 saturated carbocycles. The zero-order chi connectivity index (χ0) is 16.2. The average molecular weight is 312 g/mol. The van der Waals surface area contributed by atoms with Crippen LogP contribution in [0.1, 0.15) is 26.7 Å². The van der Waals surface area contributed by atoms with Gasteiger partial charge in [0.05, 0.1) is 6.26 Å². The van der Waals surface area contributed by atoms with Crippen LogP contribution in [0.4, 0.5) is 0 Å². The smallest absolute Gasteiger partial charge is 0.287 e. The summed E-state index contributed by atoms with van der Waals surface area (Å²) in [5.74, 6) is -0.137. The fourth-order valence-electron chi connectivity index (χ4n) is 2.21. The van der Waals surface area contributed by atoms with Gasteiger partial charge in [-0.05, 0) is 37.3 Å². The number of hydrogen-bond acceptors (Lipinski definition) is 4. The van der Waals surface area contributed by atoms with Crippen molar-refractivity contribution in [3.05, 3.63) is 59.7 Å². The fraction of sp³-hybridized carbons (Fsp3) is 0.176. The van der Waals surface area contributed by atoms with Crippen LogP contribution in [0.3, 0.4) is 0 Å². The number of carbonyl (C=O) groups is 2. The number of benzene rings is 1. The van der Waals surface area contributed by atoms with Gasteiger partial charge in [-0.3, -0.25) is 9.59 Å². The Labute approximate surface area is 132 Å². The van der Waals surface area contributed by atoms with Crippen molar-refractivity contribution < 1.29 is 18.4 Å². The summed E-state index contributed by atoms with van der Waals surface area (Å²) in [6.07, 6.45) is 1.43. The molecule has 2 amide bonds.